The molecule has 0 atom stereocenters. The number of fused-ring (bicyclic) bond motifs is 1. The topological polar surface area (TPSA) is 89.5 Å². The van der Waals surface area contributed by atoms with Gasteiger partial charge < -0.3 is 9.64 Å². The van der Waals surface area contributed by atoms with Crippen molar-refractivity contribution in [2.45, 2.75) is 4.90 Å². The number of aromatic nitrogens is 2. The summed E-state index contributed by atoms with van der Waals surface area (Å²) in [5, 5.41) is 3.64. The van der Waals surface area contributed by atoms with E-state index in [2.05, 4.69) is 22.1 Å². The second-order valence-electron chi connectivity index (χ2n) is 9.82. The molecule has 0 N–H and O–H groups in total. The highest BCUT2D eigenvalue weighted by Crippen LogP contribution is 2.33. The number of carbonyl (C=O) groups is 1. The van der Waals surface area contributed by atoms with E-state index in [4.69, 9.17) is 4.74 Å². The van der Waals surface area contributed by atoms with Crippen LogP contribution in [0.1, 0.15) is 26.5 Å². The van der Waals surface area contributed by atoms with Gasteiger partial charge in [0.05, 0.1) is 23.6 Å². The third kappa shape index (κ3) is 5.83. The van der Waals surface area contributed by atoms with E-state index >= 15 is 0 Å². The van der Waals surface area contributed by atoms with Crippen molar-refractivity contribution in [3.05, 3.63) is 112 Å². The summed E-state index contributed by atoms with van der Waals surface area (Å²) in [5.74, 6) is -0.0139. The zero-order valence-corrected chi connectivity index (χ0v) is 24.0. The Labute approximate surface area is 242 Å². The maximum absolute atomic E-state index is 13.4. The molecular weight excluding hydrogens is 555 g/mol. The number of morpholine rings is 1. The molecule has 0 spiro atoms. The van der Waals surface area contributed by atoms with E-state index in [0.29, 0.717) is 31.9 Å². The molecule has 0 aliphatic carbocycles. The van der Waals surface area contributed by atoms with E-state index in [9.17, 15) is 13.2 Å². The number of pyridine rings is 1. The molecule has 7 nitrogen and oxygen atoms in total. The van der Waals surface area contributed by atoms with Gasteiger partial charge in [-0.05, 0) is 59.2 Å². The molecular formula is C32H27N3O4S2. The van der Waals surface area contributed by atoms with E-state index in [0.717, 1.165) is 43.7 Å². The summed E-state index contributed by atoms with van der Waals surface area (Å²) in [6.45, 7) is 2.23. The lowest BCUT2D eigenvalue weighted by Crippen LogP contribution is -2.40. The first kappa shape index (κ1) is 27.0. The summed E-state index contributed by atoms with van der Waals surface area (Å²) in [7, 11) is -3.30. The second-order valence-corrected chi connectivity index (χ2v) is 12.7. The number of hydrogen-bond donors (Lipinski definition) is 0. The number of ether oxygens (including phenoxy) is 1. The summed E-state index contributed by atoms with van der Waals surface area (Å²) in [5.41, 5.74) is 5.95. The predicted molar refractivity (Wildman–Crippen MR) is 163 cm³/mol. The van der Waals surface area contributed by atoms with Gasteiger partial charge in [0.1, 0.15) is 5.01 Å². The highest BCUT2D eigenvalue weighted by molar-refractivity contribution is 7.90. The lowest BCUT2D eigenvalue weighted by molar-refractivity contribution is 0.0303. The van der Waals surface area contributed by atoms with Gasteiger partial charge in [-0.15, -0.1) is 11.3 Å². The van der Waals surface area contributed by atoms with Crippen LogP contribution in [-0.4, -0.2) is 61.8 Å². The van der Waals surface area contributed by atoms with Crippen molar-refractivity contribution < 1.29 is 17.9 Å². The number of carbonyl (C=O) groups excluding carboxylic acids is 1. The molecule has 0 radical (unpaired) electrons. The minimum absolute atomic E-state index is 0.0139. The molecule has 9 heteroatoms. The van der Waals surface area contributed by atoms with Crippen LogP contribution in [0.4, 0.5) is 0 Å². The van der Waals surface area contributed by atoms with Crippen LogP contribution < -0.4 is 0 Å². The first-order valence-electron chi connectivity index (χ1n) is 13.2. The van der Waals surface area contributed by atoms with Gasteiger partial charge in [-0.25, -0.2) is 13.4 Å². The largest absolute Gasteiger partial charge is 0.378 e. The number of sulfone groups is 1. The monoisotopic (exact) mass is 581 g/mol. The molecule has 5 aromatic rings. The van der Waals surface area contributed by atoms with E-state index < -0.39 is 9.84 Å². The van der Waals surface area contributed by atoms with Gasteiger partial charge in [0.2, 0.25) is 0 Å². The fourth-order valence-electron chi connectivity index (χ4n) is 4.95. The Hall–Kier alpha value is -4.18. The molecule has 0 saturated carbocycles. The van der Waals surface area contributed by atoms with Crippen LogP contribution in [0.15, 0.2) is 95.5 Å². The fourth-order valence-corrected chi connectivity index (χ4v) is 6.26. The number of amides is 1. The maximum Gasteiger partial charge on any atom is 0.254 e. The molecule has 0 bridgehead atoms. The molecule has 3 heterocycles. The summed E-state index contributed by atoms with van der Waals surface area (Å²) < 4.78 is 29.4. The molecule has 6 rings (SSSR count). The lowest BCUT2D eigenvalue weighted by Gasteiger charge is -2.27. The summed E-state index contributed by atoms with van der Waals surface area (Å²) in [4.78, 5) is 24.7. The van der Waals surface area contributed by atoms with E-state index in [1.807, 2.05) is 64.9 Å². The molecule has 1 amide bonds. The minimum Gasteiger partial charge on any atom is -0.378 e. The first-order valence-corrected chi connectivity index (χ1v) is 15.9. The molecule has 1 aliphatic heterocycles. The quantitative estimate of drug-likeness (QED) is 0.235. The molecule has 3 aromatic carbocycles. The molecule has 0 unspecified atom stereocenters. The highest BCUT2D eigenvalue weighted by atomic mass is 32.2. The molecule has 41 heavy (non-hydrogen) atoms. The van der Waals surface area contributed by atoms with Crippen LogP contribution in [0.2, 0.25) is 0 Å². The Bertz CT molecular complexity index is 1860. The summed E-state index contributed by atoms with van der Waals surface area (Å²) >= 11 is 1.52. The molecule has 206 valence electrons. The zero-order valence-electron chi connectivity index (χ0n) is 22.4. The Morgan fingerprint density at radius 2 is 1.73 bits per heavy atom. The van der Waals surface area contributed by atoms with Gasteiger partial charge in [0.25, 0.3) is 5.91 Å². The lowest BCUT2D eigenvalue weighted by atomic mass is 9.96. The average molecular weight is 582 g/mol. The van der Waals surface area contributed by atoms with E-state index in [1.165, 1.54) is 17.6 Å². The Morgan fingerprint density at radius 1 is 0.927 bits per heavy atom. The molecule has 1 saturated heterocycles. The Kier molecular flexibility index (Phi) is 7.49. The highest BCUT2D eigenvalue weighted by Gasteiger charge is 2.21. The SMILES string of the molecule is CS(=O)(=O)c1ccc(/C(=C/c2cccc(-c3cc(C(=O)N4CCOCC4)cc4cccnc34)c2)c2nccs2)cc1. The zero-order chi connectivity index (χ0) is 28.4. The van der Waals surface area contributed by atoms with Gasteiger partial charge in [-0.1, -0.05) is 36.4 Å². The summed E-state index contributed by atoms with van der Waals surface area (Å²) in [6.07, 6.45) is 6.77. The number of rotatable bonds is 6. The first-order chi connectivity index (χ1) is 19.9. The van der Waals surface area contributed by atoms with Crippen molar-refractivity contribution in [1.29, 1.82) is 0 Å². The van der Waals surface area contributed by atoms with E-state index in [1.54, 1.807) is 24.5 Å². The smallest absolute Gasteiger partial charge is 0.254 e. The fraction of sp³-hybridized carbons (Fsp3) is 0.156. The molecule has 1 aliphatic rings. The van der Waals surface area contributed by atoms with Crippen molar-refractivity contribution in [1.82, 2.24) is 14.9 Å². The number of hydrogen-bond acceptors (Lipinski definition) is 7. The Balaban J connectivity index is 1.43. The minimum atomic E-state index is -3.30. The normalized spacial score (nSPS) is 14.4. The third-order valence-electron chi connectivity index (χ3n) is 7.01. The van der Waals surface area contributed by atoms with Crippen LogP contribution in [0.25, 0.3) is 33.7 Å². The van der Waals surface area contributed by atoms with Gasteiger partial charge >= 0.3 is 0 Å². The van der Waals surface area contributed by atoms with Crippen molar-refractivity contribution in [3.8, 4) is 11.1 Å². The number of thiazole rings is 1. The maximum atomic E-state index is 13.4. The number of nitrogens with zero attached hydrogens (tertiary/aromatic N) is 3. The van der Waals surface area contributed by atoms with Crippen LogP contribution in [0.3, 0.4) is 0 Å². The summed E-state index contributed by atoms with van der Waals surface area (Å²) in [6, 6.07) is 22.7. The Morgan fingerprint density at radius 3 is 2.46 bits per heavy atom. The van der Waals surface area contributed by atoms with Crippen molar-refractivity contribution in [2.75, 3.05) is 32.6 Å². The van der Waals surface area contributed by atoms with Crippen molar-refractivity contribution in [2.24, 2.45) is 0 Å². The van der Waals surface area contributed by atoms with Crippen molar-refractivity contribution in [3.63, 3.8) is 0 Å². The second kappa shape index (κ2) is 11.4. The predicted octanol–water partition coefficient (Wildman–Crippen LogP) is 5.82. The van der Waals surface area contributed by atoms with Gasteiger partial charge in [-0.3, -0.25) is 9.78 Å². The van der Waals surface area contributed by atoms with Gasteiger partial charge in [0.15, 0.2) is 9.84 Å². The number of benzene rings is 3. The average Bonchev–Trinajstić information content (AvgIpc) is 3.54. The van der Waals surface area contributed by atoms with Crippen LogP contribution in [-0.2, 0) is 14.6 Å². The van der Waals surface area contributed by atoms with Crippen LogP contribution in [0, 0.1) is 0 Å². The van der Waals surface area contributed by atoms with Crippen LogP contribution >= 0.6 is 11.3 Å². The van der Waals surface area contributed by atoms with Crippen LogP contribution in [0.5, 0.6) is 0 Å². The van der Waals surface area contributed by atoms with Gasteiger partial charge in [-0.2, -0.15) is 0 Å². The van der Waals surface area contributed by atoms with Gasteiger partial charge in [0, 0.05) is 59.2 Å². The standard InChI is InChI=1S/C32H27N3O4S2/c1-41(37,38)27-9-7-23(8-10-27)29(31-34-12-17-40-31)19-22-4-2-5-24(18-22)28-21-26(20-25-6-3-11-33-30(25)28)32(36)35-13-15-39-16-14-35/h2-12,17-21H,13-16H2,1H3/b29-19-. The molecule has 1 fully saturated rings. The molecule has 2 aromatic heterocycles. The van der Waals surface area contributed by atoms with E-state index in [-0.39, 0.29) is 10.8 Å². The third-order valence-corrected chi connectivity index (χ3v) is 8.95. The van der Waals surface area contributed by atoms with Crippen molar-refractivity contribution >= 4 is 49.6 Å².